The summed E-state index contributed by atoms with van der Waals surface area (Å²) in [5, 5.41) is 10.5. The Morgan fingerprint density at radius 2 is 2.10 bits per heavy atom. The van der Waals surface area contributed by atoms with Crippen LogP contribution in [0.2, 0.25) is 0 Å². The normalized spacial score (nSPS) is 15.0. The van der Waals surface area contributed by atoms with Crippen molar-refractivity contribution in [2.75, 3.05) is 12.4 Å². The molecule has 0 unspecified atom stereocenters. The molecule has 6 heteroatoms. The Hall–Kier alpha value is -1.82. The van der Waals surface area contributed by atoms with Crippen molar-refractivity contribution in [1.82, 2.24) is 15.1 Å². The average molecular weight is 335 g/mol. The van der Waals surface area contributed by atoms with E-state index in [1.807, 2.05) is 18.2 Å². The Balaban J connectivity index is 2.27. The number of benzene rings is 1. The molecule has 1 aromatic carbocycles. The van der Waals surface area contributed by atoms with Gasteiger partial charge >= 0.3 is 0 Å². The summed E-state index contributed by atoms with van der Waals surface area (Å²) < 4.78 is 2.45. The molecular weight excluding hydrogens is 320 g/mol. The molecule has 0 aliphatic carbocycles. The van der Waals surface area contributed by atoms with Gasteiger partial charge in [0.05, 0.1) is 15.7 Å². The van der Waals surface area contributed by atoms with Crippen LogP contribution in [0.15, 0.2) is 28.7 Å². The molecule has 2 N–H and O–H groups in total. The van der Waals surface area contributed by atoms with Crippen molar-refractivity contribution in [2.45, 2.75) is 19.4 Å². The van der Waals surface area contributed by atoms with Gasteiger partial charge in [0.25, 0.3) is 5.91 Å². The summed E-state index contributed by atoms with van der Waals surface area (Å²) in [6.07, 6.45) is 0. The summed E-state index contributed by atoms with van der Waals surface area (Å²) in [4.78, 5) is 11.9. The van der Waals surface area contributed by atoms with Crippen LogP contribution < -0.4 is 10.6 Å². The predicted octanol–water partition coefficient (Wildman–Crippen LogP) is 2.66. The molecule has 20 heavy (non-hydrogen) atoms. The van der Waals surface area contributed by atoms with Crippen molar-refractivity contribution in [3.8, 4) is 5.69 Å². The van der Waals surface area contributed by atoms with Crippen LogP contribution in [0, 0.1) is 0 Å². The van der Waals surface area contributed by atoms with Crippen LogP contribution in [-0.2, 0) is 5.54 Å². The van der Waals surface area contributed by atoms with Gasteiger partial charge in [0.1, 0.15) is 5.82 Å². The number of rotatable bonds is 1. The molecule has 2 aromatic rings. The van der Waals surface area contributed by atoms with Crippen molar-refractivity contribution in [2.24, 2.45) is 0 Å². The topological polar surface area (TPSA) is 59.0 Å². The lowest BCUT2D eigenvalue weighted by Gasteiger charge is -2.34. The highest BCUT2D eigenvalue weighted by Crippen LogP contribution is 2.40. The van der Waals surface area contributed by atoms with Gasteiger partial charge in [-0.3, -0.25) is 4.79 Å². The lowest BCUT2D eigenvalue weighted by Crippen LogP contribution is -2.34. The molecule has 0 fully saturated rings. The molecule has 0 spiro atoms. The van der Waals surface area contributed by atoms with Gasteiger partial charge in [0.2, 0.25) is 0 Å². The molecule has 0 saturated heterocycles. The number of anilines is 1. The van der Waals surface area contributed by atoms with E-state index in [2.05, 4.69) is 51.6 Å². The van der Waals surface area contributed by atoms with Crippen LogP contribution in [0.3, 0.4) is 0 Å². The number of carbonyl (C=O) groups excluding carboxylic acids is 1. The standard InChI is InChI=1S/C14H15BrN4O/c1-14(2)8-6-4-5-7-9(8)19-12(17-14)10(15)11(18-19)13(20)16-3/h4-7,17H,1-3H3,(H,16,20). The highest BCUT2D eigenvalue weighted by atomic mass is 79.9. The Morgan fingerprint density at radius 3 is 2.80 bits per heavy atom. The van der Waals surface area contributed by atoms with Gasteiger partial charge in [-0.25, -0.2) is 4.68 Å². The predicted molar refractivity (Wildman–Crippen MR) is 81.3 cm³/mol. The number of carbonyl (C=O) groups is 1. The lowest BCUT2D eigenvalue weighted by molar-refractivity contribution is 0.0957. The Bertz CT molecular complexity index is 705. The van der Waals surface area contributed by atoms with Crippen LogP contribution in [0.4, 0.5) is 5.82 Å². The molecule has 0 radical (unpaired) electrons. The molecular formula is C14H15BrN4O. The summed E-state index contributed by atoms with van der Waals surface area (Å²) in [5.74, 6) is 0.586. The highest BCUT2D eigenvalue weighted by molar-refractivity contribution is 9.10. The largest absolute Gasteiger partial charge is 0.360 e. The van der Waals surface area contributed by atoms with E-state index in [-0.39, 0.29) is 11.4 Å². The van der Waals surface area contributed by atoms with Gasteiger partial charge in [0, 0.05) is 12.6 Å². The number of fused-ring (bicyclic) bond motifs is 3. The number of hydrogen-bond acceptors (Lipinski definition) is 3. The number of para-hydroxylation sites is 1. The minimum atomic E-state index is -0.227. The maximum atomic E-state index is 11.9. The molecule has 1 aliphatic rings. The molecule has 0 atom stereocenters. The van der Waals surface area contributed by atoms with Crippen molar-refractivity contribution in [3.05, 3.63) is 40.0 Å². The van der Waals surface area contributed by atoms with Gasteiger partial charge in [-0.05, 0) is 35.8 Å². The zero-order chi connectivity index (χ0) is 14.5. The summed E-state index contributed by atoms with van der Waals surface area (Å²) >= 11 is 3.48. The number of hydrogen-bond donors (Lipinski definition) is 2. The molecule has 0 bridgehead atoms. The first-order chi connectivity index (χ1) is 9.45. The summed E-state index contributed by atoms with van der Waals surface area (Å²) in [6, 6.07) is 8.06. The Morgan fingerprint density at radius 1 is 1.40 bits per heavy atom. The molecule has 3 rings (SSSR count). The van der Waals surface area contributed by atoms with Crippen LogP contribution >= 0.6 is 15.9 Å². The third-order valence-electron chi connectivity index (χ3n) is 3.51. The minimum Gasteiger partial charge on any atom is -0.360 e. The van der Waals surface area contributed by atoms with Crippen molar-refractivity contribution >= 4 is 27.7 Å². The summed E-state index contributed by atoms with van der Waals surface area (Å²) in [7, 11) is 1.60. The van der Waals surface area contributed by atoms with Crippen molar-refractivity contribution in [1.29, 1.82) is 0 Å². The van der Waals surface area contributed by atoms with E-state index in [0.717, 1.165) is 17.1 Å². The first-order valence-corrected chi connectivity index (χ1v) is 7.13. The molecule has 1 aromatic heterocycles. The highest BCUT2D eigenvalue weighted by Gasteiger charge is 2.34. The maximum Gasteiger partial charge on any atom is 0.272 e. The molecule has 104 valence electrons. The van der Waals surface area contributed by atoms with Crippen LogP contribution in [-0.4, -0.2) is 22.7 Å². The fraction of sp³-hybridized carbons (Fsp3) is 0.286. The number of aromatic nitrogens is 2. The number of nitrogens with zero attached hydrogens (tertiary/aromatic N) is 2. The maximum absolute atomic E-state index is 11.9. The van der Waals surface area contributed by atoms with Gasteiger partial charge in [-0.2, -0.15) is 5.10 Å². The second kappa shape index (κ2) is 4.34. The number of halogens is 1. The number of nitrogens with one attached hydrogen (secondary N) is 2. The zero-order valence-corrected chi connectivity index (χ0v) is 13.1. The smallest absolute Gasteiger partial charge is 0.272 e. The fourth-order valence-corrected chi connectivity index (χ4v) is 3.02. The molecule has 5 nitrogen and oxygen atoms in total. The third-order valence-corrected chi connectivity index (χ3v) is 4.26. The van der Waals surface area contributed by atoms with Crippen LogP contribution in [0.1, 0.15) is 29.9 Å². The SMILES string of the molecule is CNC(=O)c1nn2c(c1Br)NC(C)(C)c1ccccc1-2. The first kappa shape index (κ1) is 13.2. The van der Waals surface area contributed by atoms with Gasteiger partial charge in [-0.1, -0.05) is 18.2 Å². The van der Waals surface area contributed by atoms with E-state index in [4.69, 9.17) is 0 Å². The van der Waals surface area contributed by atoms with E-state index in [1.54, 1.807) is 11.7 Å². The van der Waals surface area contributed by atoms with E-state index >= 15 is 0 Å². The Labute approximate surface area is 125 Å². The lowest BCUT2D eigenvalue weighted by atomic mass is 9.91. The zero-order valence-electron chi connectivity index (χ0n) is 11.5. The minimum absolute atomic E-state index is 0.212. The van der Waals surface area contributed by atoms with Crippen molar-refractivity contribution < 1.29 is 4.79 Å². The molecule has 2 heterocycles. The van der Waals surface area contributed by atoms with Crippen LogP contribution in [0.5, 0.6) is 0 Å². The van der Waals surface area contributed by atoms with Crippen LogP contribution in [0.25, 0.3) is 5.69 Å². The van der Waals surface area contributed by atoms with Gasteiger partial charge in [-0.15, -0.1) is 0 Å². The third kappa shape index (κ3) is 1.75. The van der Waals surface area contributed by atoms with E-state index in [1.165, 1.54) is 0 Å². The van der Waals surface area contributed by atoms with E-state index < -0.39 is 0 Å². The van der Waals surface area contributed by atoms with Gasteiger partial charge < -0.3 is 10.6 Å². The summed E-state index contributed by atoms with van der Waals surface area (Å²) in [5.41, 5.74) is 2.28. The van der Waals surface area contributed by atoms with Crippen molar-refractivity contribution in [3.63, 3.8) is 0 Å². The second-order valence-electron chi connectivity index (χ2n) is 5.27. The van der Waals surface area contributed by atoms with E-state index in [9.17, 15) is 4.79 Å². The first-order valence-electron chi connectivity index (χ1n) is 6.34. The number of amides is 1. The fourth-order valence-electron chi connectivity index (χ4n) is 2.49. The Kier molecular flexibility index (Phi) is 2.86. The van der Waals surface area contributed by atoms with Gasteiger partial charge in [0.15, 0.2) is 5.69 Å². The molecule has 1 aliphatic heterocycles. The van der Waals surface area contributed by atoms with E-state index in [0.29, 0.717) is 10.2 Å². The summed E-state index contributed by atoms with van der Waals surface area (Å²) in [6.45, 7) is 4.21. The monoisotopic (exact) mass is 334 g/mol. The second-order valence-corrected chi connectivity index (χ2v) is 6.06. The molecule has 0 saturated carbocycles. The average Bonchev–Trinajstić information content (AvgIpc) is 2.75. The molecule has 1 amide bonds. The quantitative estimate of drug-likeness (QED) is 0.842.